The first-order valence-electron chi connectivity index (χ1n) is 6.08. The van der Waals surface area contributed by atoms with E-state index < -0.39 is 0 Å². The summed E-state index contributed by atoms with van der Waals surface area (Å²) in [6, 6.07) is 1.44. The quantitative estimate of drug-likeness (QED) is 0.859. The molecule has 1 amide bonds. The molecular formula is C13H18N2O3. The first-order valence-corrected chi connectivity index (χ1v) is 6.08. The second-order valence-electron chi connectivity index (χ2n) is 4.72. The van der Waals surface area contributed by atoms with Gasteiger partial charge < -0.3 is 14.7 Å². The van der Waals surface area contributed by atoms with Crippen LogP contribution >= 0.6 is 0 Å². The van der Waals surface area contributed by atoms with Gasteiger partial charge in [-0.2, -0.15) is 0 Å². The highest BCUT2D eigenvalue weighted by Crippen LogP contribution is 2.21. The van der Waals surface area contributed by atoms with Crippen LogP contribution in [0.4, 0.5) is 0 Å². The summed E-state index contributed by atoms with van der Waals surface area (Å²) in [5.41, 5.74) is 0.416. The molecule has 0 aliphatic carbocycles. The van der Waals surface area contributed by atoms with E-state index in [1.54, 1.807) is 12.0 Å². The van der Waals surface area contributed by atoms with Crippen molar-refractivity contribution in [2.75, 3.05) is 20.2 Å². The van der Waals surface area contributed by atoms with E-state index in [9.17, 15) is 9.90 Å². The molecule has 5 heteroatoms. The zero-order valence-electron chi connectivity index (χ0n) is 10.7. The lowest BCUT2D eigenvalue weighted by Crippen LogP contribution is -2.46. The van der Waals surface area contributed by atoms with Crippen molar-refractivity contribution in [2.24, 2.45) is 5.92 Å². The number of methoxy groups -OCH3 is 1. The lowest BCUT2D eigenvalue weighted by molar-refractivity contribution is -0.00159. The van der Waals surface area contributed by atoms with Crippen LogP contribution in [-0.2, 0) is 4.74 Å². The summed E-state index contributed by atoms with van der Waals surface area (Å²) >= 11 is 0. The van der Waals surface area contributed by atoms with Crippen molar-refractivity contribution in [2.45, 2.75) is 19.4 Å². The summed E-state index contributed by atoms with van der Waals surface area (Å²) in [6.45, 7) is 3.44. The zero-order chi connectivity index (χ0) is 13.1. The van der Waals surface area contributed by atoms with Crippen LogP contribution in [0.25, 0.3) is 0 Å². The van der Waals surface area contributed by atoms with Gasteiger partial charge in [0.1, 0.15) is 5.75 Å². The monoisotopic (exact) mass is 250 g/mol. The maximum Gasteiger partial charge on any atom is 0.255 e. The van der Waals surface area contributed by atoms with Crippen LogP contribution in [-0.4, -0.2) is 47.2 Å². The average molecular weight is 250 g/mol. The number of carbonyl (C=O) groups is 1. The minimum Gasteiger partial charge on any atom is -0.506 e. The van der Waals surface area contributed by atoms with Crippen LogP contribution in [0.5, 0.6) is 5.75 Å². The molecule has 1 saturated heterocycles. The predicted molar refractivity (Wildman–Crippen MR) is 66.4 cm³/mol. The number of ether oxygens (including phenoxy) is 1. The number of aromatic nitrogens is 1. The van der Waals surface area contributed by atoms with Gasteiger partial charge in [0.05, 0.1) is 17.9 Å². The van der Waals surface area contributed by atoms with Gasteiger partial charge in [0.2, 0.25) is 0 Å². The van der Waals surface area contributed by atoms with E-state index in [0.717, 1.165) is 13.0 Å². The van der Waals surface area contributed by atoms with Gasteiger partial charge in [-0.1, -0.05) is 6.92 Å². The second kappa shape index (κ2) is 5.35. The highest BCUT2D eigenvalue weighted by molar-refractivity contribution is 5.94. The van der Waals surface area contributed by atoms with Gasteiger partial charge >= 0.3 is 0 Å². The molecule has 0 saturated carbocycles. The Morgan fingerprint density at radius 1 is 1.56 bits per heavy atom. The van der Waals surface area contributed by atoms with Crippen LogP contribution in [0.2, 0.25) is 0 Å². The molecule has 98 valence electrons. The predicted octanol–water partition coefficient (Wildman–Crippen LogP) is 1.28. The lowest BCUT2D eigenvalue weighted by Gasteiger charge is -2.36. The van der Waals surface area contributed by atoms with E-state index >= 15 is 0 Å². The fourth-order valence-corrected chi connectivity index (χ4v) is 2.25. The zero-order valence-corrected chi connectivity index (χ0v) is 10.7. The minimum atomic E-state index is -0.104. The largest absolute Gasteiger partial charge is 0.506 e. The van der Waals surface area contributed by atoms with Crippen molar-refractivity contribution in [3.05, 3.63) is 24.0 Å². The SMILES string of the molecule is COC1CN(C(=O)c2cncc(O)c2)CCC1C. The number of piperidine rings is 1. The van der Waals surface area contributed by atoms with Crippen LogP contribution in [0.3, 0.4) is 0 Å². The van der Waals surface area contributed by atoms with Crippen molar-refractivity contribution in [3.63, 3.8) is 0 Å². The van der Waals surface area contributed by atoms with Crippen LogP contribution < -0.4 is 0 Å². The van der Waals surface area contributed by atoms with Gasteiger partial charge in [0, 0.05) is 26.4 Å². The van der Waals surface area contributed by atoms with Gasteiger partial charge in [0.25, 0.3) is 5.91 Å². The third kappa shape index (κ3) is 2.61. The van der Waals surface area contributed by atoms with Gasteiger partial charge in [-0.3, -0.25) is 9.78 Å². The Kier molecular flexibility index (Phi) is 3.81. The molecule has 1 aromatic rings. The summed E-state index contributed by atoms with van der Waals surface area (Å²) in [4.78, 5) is 17.8. The Hall–Kier alpha value is -1.62. The van der Waals surface area contributed by atoms with Crippen molar-refractivity contribution in [1.82, 2.24) is 9.88 Å². The van der Waals surface area contributed by atoms with E-state index in [4.69, 9.17) is 4.74 Å². The fourth-order valence-electron chi connectivity index (χ4n) is 2.25. The topological polar surface area (TPSA) is 62.7 Å². The van der Waals surface area contributed by atoms with E-state index in [0.29, 0.717) is 18.0 Å². The van der Waals surface area contributed by atoms with Crippen LogP contribution in [0, 0.1) is 5.92 Å². The Balaban J connectivity index is 2.10. The average Bonchev–Trinajstić information content (AvgIpc) is 2.38. The summed E-state index contributed by atoms with van der Waals surface area (Å²) in [7, 11) is 1.67. The van der Waals surface area contributed by atoms with Crippen molar-refractivity contribution < 1.29 is 14.6 Å². The maximum absolute atomic E-state index is 12.2. The van der Waals surface area contributed by atoms with Crippen LogP contribution in [0.1, 0.15) is 23.7 Å². The summed E-state index contributed by atoms with van der Waals surface area (Å²) in [5.74, 6) is 0.364. The number of hydrogen-bond donors (Lipinski definition) is 1. The Bertz CT molecular complexity index is 436. The van der Waals surface area contributed by atoms with Gasteiger partial charge in [-0.15, -0.1) is 0 Å². The molecule has 1 fully saturated rings. The first-order chi connectivity index (χ1) is 8.61. The standard InChI is InChI=1S/C13H18N2O3/c1-9-3-4-15(8-12(9)18-2)13(17)10-5-11(16)7-14-6-10/h5-7,9,12,16H,3-4,8H2,1-2H3. The molecule has 0 spiro atoms. The highest BCUT2D eigenvalue weighted by Gasteiger charge is 2.29. The number of amides is 1. The van der Waals surface area contributed by atoms with Gasteiger partial charge in [0.15, 0.2) is 0 Å². The van der Waals surface area contributed by atoms with E-state index in [1.807, 2.05) is 0 Å². The minimum absolute atomic E-state index is 0.00881. The van der Waals surface area contributed by atoms with Crippen molar-refractivity contribution in [3.8, 4) is 5.75 Å². The molecule has 18 heavy (non-hydrogen) atoms. The third-order valence-corrected chi connectivity index (χ3v) is 3.45. The number of nitrogens with zero attached hydrogens (tertiary/aromatic N) is 2. The molecule has 2 unspecified atom stereocenters. The molecule has 1 N–H and O–H groups in total. The number of aromatic hydroxyl groups is 1. The Morgan fingerprint density at radius 3 is 3.00 bits per heavy atom. The molecule has 2 rings (SSSR count). The third-order valence-electron chi connectivity index (χ3n) is 3.45. The van der Waals surface area contributed by atoms with E-state index in [-0.39, 0.29) is 17.8 Å². The number of carbonyl (C=O) groups excluding carboxylic acids is 1. The summed E-state index contributed by atoms with van der Waals surface area (Å²) in [5, 5.41) is 9.34. The van der Waals surface area contributed by atoms with Gasteiger partial charge in [-0.05, 0) is 18.4 Å². The number of likely N-dealkylation sites (tertiary alicyclic amines) is 1. The van der Waals surface area contributed by atoms with Crippen molar-refractivity contribution in [1.29, 1.82) is 0 Å². The number of hydrogen-bond acceptors (Lipinski definition) is 4. The fraction of sp³-hybridized carbons (Fsp3) is 0.538. The van der Waals surface area contributed by atoms with Crippen LogP contribution in [0.15, 0.2) is 18.5 Å². The molecule has 2 heterocycles. The van der Waals surface area contributed by atoms with Gasteiger partial charge in [-0.25, -0.2) is 0 Å². The molecule has 5 nitrogen and oxygen atoms in total. The molecule has 0 aromatic carbocycles. The van der Waals surface area contributed by atoms with Crippen molar-refractivity contribution >= 4 is 5.91 Å². The maximum atomic E-state index is 12.2. The highest BCUT2D eigenvalue weighted by atomic mass is 16.5. The smallest absolute Gasteiger partial charge is 0.255 e. The molecule has 0 bridgehead atoms. The number of rotatable bonds is 2. The Labute approximate surface area is 106 Å². The van der Waals surface area contributed by atoms with E-state index in [2.05, 4.69) is 11.9 Å². The number of pyridine rings is 1. The Morgan fingerprint density at radius 2 is 2.33 bits per heavy atom. The normalized spacial score (nSPS) is 24.0. The molecule has 0 radical (unpaired) electrons. The van der Waals surface area contributed by atoms with E-state index in [1.165, 1.54) is 18.5 Å². The lowest BCUT2D eigenvalue weighted by atomic mass is 9.95. The second-order valence-corrected chi connectivity index (χ2v) is 4.72. The molecule has 1 aliphatic heterocycles. The summed E-state index contributed by atoms with van der Waals surface area (Å²) < 4.78 is 5.38. The molecular weight excluding hydrogens is 232 g/mol. The summed E-state index contributed by atoms with van der Waals surface area (Å²) in [6.07, 6.45) is 3.79. The molecule has 1 aliphatic rings. The molecule has 2 atom stereocenters. The first kappa shape index (κ1) is 12.8. The molecule has 1 aromatic heterocycles.